The number of thiophene rings is 1. The van der Waals surface area contributed by atoms with Gasteiger partial charge in [-0.25, -0.2) is 0 Å². The topological polar surface area (TPSA) is 12.0 Å². The highest BCUT2D eigenvalue weighted by Crippen LogP contribution is 2.17. The van der Waals surface area contributed by atoms with Crippen LogP contribution in [0, 0.1) is 0 Å². The third kappa shape index (κ3) is 3.08. The normalized spacial score (nSPS) is 12.6. The quantitative estimate of drug-likeness (QED) is 0.857. The molecule has 0 aliphatic rings. The Morgan fingerprint density at radius 3 is 2.62 bits per heavy atom. The Balaban J connectivity index is 1.93. The van der Waals surface area contributed by atoms with Gasteiger partial charge >= 0.3 is 0 Å². The summed E-state index contributed by atoms with van der Waals surface area (Å²) in [7, 11) is 0. The predicted octanol–water partition coefficient (Wildman–Crippen LogP) is 4.25. The van der Waals surface area contributed by atoms with Crippen LogP contribution in [0.1, 0.15) is 23.4 Å². The lowest BCUT2D eigenvalue weighted by Gasteiger charge is -2.13. The Bertz CT molecular complexity index is 422. The standard InChI is InChI=1S/C13H14ClNS/c1-10(11-4-6-12(14)7-5-11)15-9-13-3-2-8-16-13/h2-8,10,15H,9H2,1H3. The van der Waals surface area contributed by atoms with Crippen molar-refractivity contribution in [3.63, 3.8) is 0 Å². The van der Waals surface area contributed by atoms with Crippen LogP contribution in [0.3, 0.4) is 0 Å². The van der Waals surface area contributed by atoms with E-state index in [2.05, 4.69) is 41.9 Å². The van der Waals surface area contributed by atoms with E-state index in [4.69, 9.17) is 11.6 Å². The molecule has 2 rings (SSSR count). The van der Waals surface area contributed by atoms with Crippen LogP contribution in [0.2, 0.25) is 5.02 Å². The van der Waals surface area contributed by atoms with Crippen LogP contribution in [-0.2, 0) is 6.54 Å². The van der Waals surface area contributed by atoms with Gasteiger partial charge in [-0.05, 0) is 36.1 Å². The summed E-state index contributed by atoms with van der Waals surface area (Å²) in [6.45, 7) is 3.08. The molecule has 1 heterocycles. The van der Waals surface area contributed by atoms with Crippen LogP contribution in [0.25, 0.3) is 0 Å². The predicted molar refractivity (Wildman–Crippen MR) is 71.0 cm³/mol. The number of benzene rings is 1. The maximum atomic E-state index is 5.86. The van der Waals surface area contributed by atoms with Crippen LogP contribution in [0.15, 0.2) is 41.8 Å². The SMILES string of the molecule is CC(NCc1cccs1)c1ccc(Cl)cc1. The zero-order valence-electron chi connectivity index (χ0n) is 9.11. The number of hydrogen-bond acceptors (Lipinski definition) is 2. The minimum atomic E-state index is 0.347. The molecular weight excluding hydrogens is 238 g/mol. The van der Waals surface area contributed by atoms with Crippen molar-refractivity contribution in [1.82, 2.24) is 5.32 Å². The van der Waals surface area contributed by atoms with Crippen molar-refractivity contribution in [2.45, 2.75) is 19.5 Å². The van der Waals surface area contributed by atoms with E-state index < -0.39 is 0 Å². The minimum absolute atomic E-state index is 0.347. The molecule has 3 heteroatoms. The van der Waals surface area contributed by atoms with Gasteiger partial charge in [0, 0.05) is 22.5 Å². The Morgan fingerprint density at radius 2 is 2.00 bits per heavy atom. The second-order valence-corrected chi connectivity index (χ2v) is 5.20. The molecule has 1 aromatic carbocycles. The van der Waals surface area contributed by atoms with Gasteiger partial charge in [-0.3, -0.25) is 0 Å². The lowest BCUT2D eigenvalue weighted by atomic mass is 10.1. The summed E-state index contributed by atoms with van der Waals surface area (Å²) < 4.78 is 0. The fourth-order valence-electron chi connectivity index (χ4n) is 1.54. The van der Waals surface area contributed by atoms with E-state index in [-0.39, 0.29) is 0 Å². The zero-order valence-corrected chi connectivity index (χ0v) is 10.7. The summed E-state index contributed by atoms with van der Waals surface area (Å²) in [4.78, 5) is 1.36. The summed E-state index contributed by atoms with van der Waals surface area (Å²) in [5.74, 6) is 0. The number of hydrogen-bond donors (Lipinski definition) is 1. The van der Waals surface area contributed by atoms with E-state index in [9.17, 15) is 0 Å². The molecule has 2 aromatic rings. The molecule has 0 amide bonds. The van der Waals surface area contributed by atoms with E-state index in [1.165, 1.54) is 10.4 Å². The molecule has 1 aromatic heterocycles. The third-order valence-corrected chi connectivity index (χ3v) is 3.66. The smallest absolute Gasteiger partial charge is 0.0406 e. The summed E-state index contributed by atoms with van der Waals surface area (Å²) in [6.07, 6.45) is 0. The van der Waals surface area contributed by atoms with Crippen LogP contribution >= 0.6 is 22.9 Å². The van der Waals surface area contributed by atoms with Crippen molar-refractivity contribution in [1.29, 1.82) is 0 Å². The van der Waals surface area contributed by atoms with Crippen molar-refractivity contribution in [3.8, 4) is 0 Å². The molecular formula is C13H14ClNS. The molecule has 0 aliphatic carbocycles. The molecule has 1 N–H and O–H groups in total. The van der Waals surface area contributed by atoms with Gasteiger partial charge in [0.05, 0.1) is 0 Å². The zero-order chi connectivity index (χ0) is 11.4. The average Bonchev–Trinajstić information content (AvgIpc) is 2.80. The first-order valence-corrected chi connectivity index (χ1v) is 6.52. The van der Waals surface area contributed by atoms with E-state index in [1.54, 1.807) is 11.3 Å². The van der Waals surface area contributed by atoms with Crippen LogP contribution in [-0.4, -0.2) is 0 Å². The van der Waals surface area contributed by atoms with Crippen molar-refractivity contribution in [3.05, 3.63) is 57.2 Å². The Labute approximate surface area is 105 Å². The van der Waals surface area contributed by atoms with E-state index >= 15 is 0 Å². The van der Waals surface area contributed by atoms with Crippen LogP contribution < -0.4 is 5.32 Å². The van der Waals surface area contributed by atoms with Crippen LogP contribution in [0.5, 0.6) is 0 Å². The summed E-state index contributed by atoms with van der Waals surface area (Å²) >= 11 is 7.63. The number of rotatable bonds is 4. The van der Waals surface area contributed by atoms with Gasteiger partial charge in [0.25, 0.3) is 0 Å². The molecule has 1 unspecified atom stereocenters. The van der Waals surface area contributed by atoms with Gasteiger partial charge in [-0.1, -0.05) is 29.8 Å². The number of nitrogens with one attached hydrogen (secondary N) is 1. The highest BCUT2D eigenvalue weighted by molar-refractivity contribution is 7.09. The fourth-order valence-corrected chi connectivity index (χ4v) is 2.32. The third-order valence-electron chi connectivity index (χ3n) is 2.53. The molecule has 0 spiro atoms. The first-order valence-electron chi connectivity index (χ1n) is 5.27. The molecule has 0 bridgehead atoms. The molecule has 0 fully saturated rings. The first kappa shape index (κ1) is 11.6. The molecule has 84 valence electrons. The molecule has 1 nitrogen and oxygen atoms in total. The first-order chi connectivity index (χ1) is 7.75. The fraction of sp³-hybridized carbons (Fsp3) is 0.231. The Morgan fingerprint density at radius 1 is 1.25 bits per heavy atom. The monoisotopic (exact) mass is 251 g/mol. The van der Waals surface area contributed by atoms with Gasteiger partial charge in [-0.15, -0.1) is 11.3 Å². The molecule has 16 heavy (non-hydrogen) atoms. The molecule has 0 saturated carbocycles. The Hall–Kier alpha value is -0.830. The van der Waals surface area contributed by atoms with Gasteiger partial charge in [0.2, 0.25) is 0 Å². The van der Waals surface area contributed by atoms with E-state index in [0.717, 1.165) is 11.6 Å². The molecule has 0 saturated heterocycles. The number of halogens is 1. The molecule has 0 radical (unpaired) electrons. The van der Waals surface area contributed by atoms with Crippen molar-refractivity contribution in [2.75, 3.05) is 0 Å². The van der Waals surface area contributed by atoms with E-state index in [0.29, 0.717) is 6.04 Å². The van der Waals surface area contributed by atoms with Gasteiger partial charge in [0.1, 0.15) is 0 Å². The molecule has 0 aliphatic heterocycles. The summed E-state index contributed by atoms with van der Waals surface area (Å²) in [5.41, 5.74) is 1.26. The maximum Gasteiger partial charge on any atom is 0.0406 e. The second kappa shape index (κ2) is 5.48. The lowest BCUT2D eigenvalue weighted by molar-refractivity contribution is 0.579. The average molecular weight is 252 g/mol. The Kier molecular flexibility index (Phi) is 3.99. The highest BCUT2D eigenvalue weighted by Gasteiger charge is 2.04. The van der Waals surface area contributed by atoms with Crippen molar-refractivity contribution < 1.29 is 0 Å². The largest absolute Gasteiger partial charge is 0.305 e. The van der Waals surface area contributed by atoms with Crippen molar-refractivity contribution >= 4 is 22.9 Å². The van der Waals surface area contributed by atoms with Gasteiger partial charge in [0.15, 0.2) is 0 Å². The van der Waals surface area contributed by atoms with Gasteiger partial charge in [-0.2, -0.15) is 0 Å². The van der Waals surface area contributed by atoms with Crippen molar-refractivity contribution in [2.24, 2.45) is 0 Å². The lowest BCUT2D eigenvalue weighted by Crippen LogP contribution is -2.17. The minimum Gasteiger partial charge on any atom is -0.305 e. The van der Waals surface area contributed by atoms with E-state index in [1.807, 2.05) is 12.1 Å². The second-order valence-electron chi connectivity index (χ2n) is 3.73. The van der Waals surface area contributed by atoms with Crippen LogP contribution in [0.4, 0.5) is 0 Å². The molecule has 1 atom stereocenters. The summed E-state index contributed by atoms with van der Waals surface area (Å²) in [6, 6.07) is 12.6. The summed E-state index contributed by atoms with van der Waals surface area (Å²) in [5, 5.41) is 6.38. The highest BCUT2D eigenvalue weighted by atomic mass is 35.5. The maximum absolute atomic E-state index is 5.86. The van der Waals surface area contributed by atoms with Gasteiger partial charge < -0.3 is 5.32 Å².